The average Bonchev–Trinajstić information content (AvgIpc) is 2.82. The van der Waals surface area contributed by atoms with Crippen molar-refractivity contribution in [2.45, 2.75) is 25.9 Å². The Morgan fingerprint density at radius 3 is 2.60 bits per heavy atom. The number of amides is 1. The SMILES string of the molecule is CCN1CCN(C(=O)[C@H]2CCCO2)CC1. The molecule has 86 valence electrons. The topological polar surface area (TPSA) is 32.8 Å². The van der Waals surface area contributed by atoms with Gasteiger partial charge in [-0.05, 0) is 19.4 Å². The number of piperazine rings is 1. The van der Waals surface area contributed by atoms with Crippen molar-refractivity contribution in [3.8, 4) is 0 Å². The number of hydrogen-bond donors (Lipinski definition) is 0. The highest BCUT2D eigenvalue weighted by Gasteiger charge is 2.29. The molecule has 2 aliphatic rings. The molecule has 0 bridgehead atoms. The van der Waals surface area contributed by atoms with E-state index >= 15 is 0 Å². The minimum atomic E-state index is -0.141. The lowest BCUT2D eigenvalue weighted by atomic mass is 10.2. The Labute approximate surface area is 91.2 Å². The maximum atomic E-state index is 12.0. The van der Waals surface area contributed by atoms with Gasteiger partial charge >= 0.3 is 0 Å². The fraction of sp³-hybridized carbons (Fsp3) is 0.909. The lowest BCUT2D eigenvalue weighted by Crippen LogP contribution is -2.51. The summed E-state index contributed by atoms with van der Waals surface area (Å²) >= 11 is 0. The molecule has 0 unspecified atom stereocenters. The molecule has 0 N–H and O–H groups in total. The Bertz CT molecular complexity index is 219. The van der Waals surface area contributed by atoms with Crippen LogP contribution in [0, 0.1) is 0 Å². The summed E-state index contributed by atoms with van der Waals surface area (Å²) in [7, 11) is 0. The van der Waals surface area contributed by atoms with Crippen molar-refractivity contribution < 1.29 is 9.53 Å². The van der Waals surface area contributed by atoms with E-state index < -0.39 is 0 Å². The molecule has 0 saturated carbocycles. The molecular formula is C11H20N2O2. The van der Waals surface area contributed by atoms with Crippen molar-refractivity contribution >= 4 is 5.91 Å². The van der Waals surface area contributed by atoms with E-state index in [0.29, 0.717) is 0 Å². The van der Waals surface area contributed by atoms with Crippen LogP contribution in [0.3, 0.4) is 0 Å². The van der Waals surface area contributed by atoms with E-state index in [1.165, 1.54) is 0 Å². The summed E-state index contributed by atoms with van der Waals surface area (Å²) < 4.78 is 5.42. The number of ether oxygens (including phenoxy) is 1. The molecule has 2 aliphatic heterocycles. The van der Waals surface area contributed by atoms with Crippen LogP contribution in [0.4, 0.5) is 0 Å². The van der Waals surface area contributed by atoms with E-state index in [-0.39, 0.29) is 12.0 Å². The number of carbonyl (C=O) groups is 1. The highest BCUT2D eigenvalue weighted by molar-refractivity contribution is 5.81. The van der Waals surface area contributed by atoms with E-state index in [1.807, 2.05) is 4.90 Å². The average molecular weight is 212 g/mol. The standard InChI is InChI=1S/C11H20N2O2/c1-2-12-5-7-13(8-6-12)11(14)10-4-3-9-15-10/h10H,2-9H2,1H3/t10-/m1/s1. The molecule has 0 aliphatic carbocycles. The van der Waals surface area contributed by atoms with Crippen LogP contribution < -0.4 is 0 Å². The largest absolute Gasteiger partial charge is 0.368 e. The third-order valence-corrected chi connectivity index (χ3v) is 3.34. The molecule has 0 radical (unpaired) electrons. The number of rotatable bonds is 2. The second kappa shape index (κ2) is 4.94. The van der Waals surface area contributed by atoms with Gasteiger partial charge in [0.2, 0.25) is 0 Å². The normalized spacial score (nSPS) is 28.3. The van der Waals surface area contributed by atoms with Gasteiger partial charge in [-0.3, -0.25) is 4.79 Å². The van der Waals surface area contributed by atoms with Crippen LogP contribution in [-0.4, -0.2) is 61.1 Å². The Balaban J connectivity index is 1.81. The van der Waals surface area contributed by atoms with Crippen molar-refractivity contribution in [3.63, 3.8) is 0 Å². The van der Waals surface area contributed by atoms with E-state index in [0.717, 1.165) is 52.2 Å². The van der Waals surface area contributed by atoms with Gasteiger partial charge in [-0.15, -0.1) is 0 Å². The molecule has 0 spiro atoms. The van der Waals surface area contributed by atoms with Crippen LogP contribution in [-0.2, 0) is 9.53 Å². The van der Waals surface area contributed by atoms with Crippen molar-refractivity contribution in [3.05, 3.63) is 0 Å². The molecule has 15 heavy (non-hydrogen) atoms. The Morgan fingerprint density at radius 1 is 1.33 bits per heavy atom. The maximum absolute atomic E-state index is 12.0. The zero-order valence-electron chi connectivity index (χ0n) is 9.45. The highest BCUT2D eigenvalue weighted by Crippen LogP contribution is 2.15. The number of carbonyl (C=O) groups excluding carboxylic acids is 1. The van der Waals surface area contributed by atoms with Gasteiger partial charge in [-0.25, -0.2) is 0 Å². The first-order chi connectivity index (χ1) is 7.31. The van der Waals surface area contributed by atoms with Gasteiger partial charge in [-0.1, -0.05) is 6.92 Å². The van der Waals surface area contributed by atoms with Crippen LogP contribution in [0.5, 0.6) is 0 Å². The van der Waals surface area contributed by atoms with Crippen LogP contribution in [0.1, 0.15) is 19.8 Å². The highest BCUT2D eigenvalue weighted by atomic mass is 16.5. The fourth-order valence-corrected chi connectivity index (χ4v) is 2.26. The van der Waals surface area contributed by atoms with Gasteiger partial charge in [0.05, 0.1) is 0 Å². The van der Waals surface area contributed by atoms with E-state index in [2.05, 4.69) is 11.8 Å². The summed E-state index contributed by atoms with van der Waals surface area (Å²) in [5.74, 6) is 0.211. The molecule has 1 amide bonds. The van der Waals surface area contributed by atoms with Crippen molar-refractivity contribution in [2.75, 3.05) is 39.3 Å². The summed E-state index contributed by atoms with van der Waals surface area (Å²) in [6.45, 7) is 7.76. The van der Waals surface area contributed by atoms with Crippen LogP contribution in [0.2, 0.25) is 0 Å². The van der Waals surface area contributed by atoms with Gasteiger partial charge in [0.15, 0.2) is 0 Å². The monoisotopic (exact) mass is 212 g/mol. The summed E-state index contributed by atoms with van der Waals surface area (Å²) in [5.41, 5.74) is 0. The van der Waals surface area contributed by atoms with Gasteiger partial charge in [-0.2, -0.15) is 0 Å². The maximum Gasteiger partial charge on any atom is 0.251 e. The van der Waals surface area contributed by atoms with E-state index in [1.54, 1.807) is 0 Å². The van der Waals surface area contributed by atoms with Gasteiger partial charge < -0.3 is 14.5 Å². The fourth-order valence-electron chi connectivity index (χ4n) is 2.26. The molecule has 2 rings (SSSR count). The molecule has 2 fully saturated rings. The third kappa shape index (κ3) is 2.49. The van der Waals surface area contributed by atoms with Gasteiger partial charge in [0, 0.05) is 32.8 Å². The van der Waals surface area contributed by atoms with Gasteiger partial charge in [0.25, 0.3) is 5.91 Å². The van der Waals surface area contributed by atoms with Crippen LogP contribution in [0.15, 0.2) is 0 Å². The molecule has 4 nitrogen and oxygen atoms in total. The first-order valence-corrected chi connectivity index (χ1v) is 5.94. The molecule has 1 atom stereocenters. The first-order valence-electron chi connectivity index (χ1n) is 5.94. The van der Waals surface area contributed by atoms with Crippen molar-refractivity contribution in [2.24, 2.45) is 0 Å². The second-order valence-electron chi connectivity index (χ2n) is 4.26. The molecular weight excluding hydrogens is 192 g/mol. The van der Waals surface area contributed by atoms with Crippen molar-refractivity contribution in [1.82, 2.24) is 9.80 Å². The lowest BCUT2D eigenvalue weighted by molar-refractivity contribution is -0.142. The minimum Gasteiger partial charge on any atom is -0.368 e. The summed E-state index contributed by atoms with van der Waals surface area (Å²) in [4.78, 5) is 16.3. The quantitative estimate of drug-likeness (QED) is 0.661. The summed E-state index contributed by atoms with van der Waals surface area (Å²) in [6, 6.07) is 0. The Hall–Kier alpha value is -0.610. The second-order valence-corrected chi connectivity index (χ2v) is 4.26. The van der Waals surface area contributed by atoms with Crippen LogP contribution in [0.25, 0.3) is 0 Å². The van der Waals surface area contributed by atoms with E-state index in [4.69, 9.17) is 4.74 Å². The predicted octanol–water partition coefficient (Wildman–Crippen LogP) is 0.329. The minimum absolute atomic E-state index is 0.141. The van der Waals surface area contributed by atoms with Crippen LogP contribution >= 0.6 is 0 Å². The summed E-state index contributed by atoms with van der Waals surface area (Å²) in [6.07, 6.45) is 1.80. The number of hydrogen-bond acceptors (Lipinski definition) is 3. The molecule has 0 aromatic carbocycles. The predicted molar refractivity (Wildman–Crippen MR) is 57.7 cm³/mol. The molecule has 4 heteroatoms. The molecule has 2 saturated heterocycles. The Morgan fingerprint density at radius 2 is 2.07 bits per heavy atom. The lowest BCUT2D eigenvalue weighted by Gasteiger charge is -2.35. The first kappa shape index (κ1) is 10.9. The van der Waals surface area contributed by atoms with Crippen molar-refractivity contribution in [1.29, 1.82) is 0 Å². The molecule has 0 aromatic rings. The zero-order chi connectivity index (χ0) is 10.7. The summed E-state index contributed by atoms with van der Waals surface area (Å²) in [5, 5.41) is 0. The Kier molecular flexibility index (Phi) is 3.59. The molecule has 2 heterocycles. The smallest absolute Gasteiger partial charge is 0.251 e. The van der Waals surface area contributed by atoms with E-state index in [9.17, 15) is 4.79 Å². The number of nitrogens with zero attached hydrogens (tertiary/aromatic N) is 2. The zero-order valence-corrected chi connectivity index (χ0v) is 9.45. The molecule has 0 aromatic heterocycles. The van der Waals surface area contributed by atoms with Gasteiger partial charge in [0.1, 0.15) is 6.10 Å². The third-order valence-electron chi connectivity index (χ3n) is 3.34. The number of likely N-dealkylation sites (N-methyl/N-ethyl adjacent to an activating group) is 1.